The lowest BCUT2D eigenvalue weighted by atomic mass is 10.0. The fourth-order valence-electron chi connectivity index (χ4n) is 6.68. The quantitative estimate of drug-likeness (QED) is 0.0355. The second kappa shape index (κ2) is 41.2. The first-order valence-corrected chi connectivity index (χ1v) is 22.5. The van der Waals surface area contributed by atoms with Crippen molar-refractivity contribution in [3.05, 3.63) is 0 Å². The van der Waals surface area contributed by atoms with E-state index in [1.165, 1.54) is 154 Å². The van der Waals surface area contributed by atoms with Crippen molar-refractivity contribution in [2.24, 2.45) is 0 Å². The molecule has 0 aromatic carbocycles. The molecular formula is C45H86O6. The third-order valence-electron chi connectivity index (χ3n) is 10.1. The monoisotopic (exact) mass is 723 g/mol. The van der Waals surface area contributed by atoms with E-state index in [1.807, 2.05) is 0 Å². The van der Waals surface area contributed by atoms with Crippen molar-refractivity contribution in [2.75, 3.05) is 13.2 Å². The summed E-state index contributed by atoms with van der Waals surface area (Å²) in [5.41, 5.74) is 0. The molecule has 0 amide bonds. The summed E-state index contributed by atoms with van der Waals surface area (Å²) < 4.78 is 16.6. The third-order valence-corrected chi connectivity index (χ3v) is 10.1. The summed E-state index contributed by atoms with van der Waals surface area (Å²) in [7, 11) is 0. The van der Waals surface area contributed by atoms with Crippen LogP contribution in [0, 0.1) is 0 Å². The molecule has 6 nitrogen and oxygen atoms in total. The molecule has 0 N–H and O–H groups in total. The van der Waals surface area contributed by atoms with Crippen LogP contribution in [0.5, 0.6) is 0 Å². The van der Waals surface area contributed by atoms with Gasteiger partial charge in [-0.2, -0.15) is 0 Å². The Morgan fingerprint density at radius 1 is 0.314 bits per heavy atom. The molecule has 0 aliphatic heterocycles. The lowest BCUT2D eigenvalue weighted by Crippen LogP contribution is -2.30. The van der Waals surface area contributed by atoms with E-state index in [4.69, 9.17) is 14.2 Å². The van der Waals surface area contributed by atoms with E-state index >= 15 is 0 Å². The summed E-state index contributed by atoms with van der Waals surface area (Å²) in [5, 5.41) is 0. The molecule has 0 heterocycles. The van der Waals surface area contributed by atoms with Gasteiger partial charge in [0.15, 0.2) is 6.10 Å². The number of hydrogen-bond acceptors (Lipinski definition) is 6. The van der Waals surface area contributed by atoms with Crippen molar-refractivity contribution in [1.82, 2.24) is 0 Å². The SMILES string of the molecule is CCCCCCCCCCCCCCCCCCCC(=O)O[C@H](COC(=O)CCCCCCCCC)COC(=O)CCCCCCCCCCC. The van der Waals surface area contributed by atoms with Gasteiger partial charge in [-0.25, -0.2) is 0 Å². The number of esters is 3. The zero-order valence-corrected chi connectivity index (χ0v) is 34.4. The minimum absolute atomic E-state index is 0.0637. The highest BCUT2D eigenvalue weighted by molar-refractivity contribution is 5.71. The summed E-state index contributed by atoms with van der Waals surface area (Å²) in [4.78, 5) is 37.5. The van der Waals surface area contributed by atoms with E-state index in [1.54, 1.807) is 0 Å². The second-order valence-electron chi connectivity index (χ2n) is 15.3. The van der Waals surface area contributed by atoms with E-state index in [-0.39, 0.29) is 31.1 Å². The van der Waals surface area contributed by atoms with Gasteiger partial charge in [0, 0.05) is 19.3 Å². The predicted molar refractivity (Wildman–Crippen MR) is 215 cm³/mol. The topological polar surface area (TPSA) is 78.9 Å². The summed E-state index contributed by atoms with van der Waals surface area (Å²) in [5.74, 6) is -0.862. The zero-order chi connectivity index (χ0) is 37.3. The molecule has 0 saturated heterocycles. The van der Waals surface area contributed by atoms with E-state index in [0.29, 0.717) is 19.3 Å². The van der Waals surface area contributed by atoms with Crippen LogP contribution in [0.3, 0.4) is 0 Å². The lowest BCUT2D eigenvalue weighted by molar-refractivity contribution is -0.167. The highest BCUT2D eigenvalue weighted by Crippen LogP contribution is 2.16. The Morgan fingerprint density at radius 2 is 0.529 bits per heavy atom. The van der Waals surface area contributed by atoms with Crippen LogP contribution in [0.15, 0.2) is 0 Å². The van der Waals surface area contributed by atoms with E-state index < -0.39 is 6.10 Å². The average Bonchev–Trinajstić information content (AvgIpc) is 3.12. The Hall–Kier alpha value is -1.59. The van der Waals surface area contributed by atoms with Crippen molar-refractivity contribution >= 4 is 17.9 Å². The third kappa shape index (κ3) is 39.5. The standard InChI is InChI=1S/C45H86O6/c1-4-7-10-13-16-18-19-20-21-22-23-24-25-27-30-33-36-39-45(48)51-42(40-49-43(46)37-34-31-28-15-12-9-6-3)41-50-44(47)38-35-32-29-26-17-14-11-8-5-2/h42H,4-41H2,1-3H3/t42-/m1/s1. The van der Waals surface area contributed by atoms with Gasteiger partial charge >= 0.3 is 17.9 Å². The molecule has 0 aromatic rings. The summed E-state index contributed by atoms with van der Waals surface area (Å²) in [6.07, 6.45) is 41.0. The molecular weight excluding hydrogens is 636 g/mol. The normalized spacial score (nSPS) is 11.8. The van der Waals surface area contributed by atoms with Crippen LogP contribution in [0.25, 0.3) is 0 Å². The van der Waals surface area contributed by atoms with Crippen LogP contribution in [-0.2, 0) is 28.6 Å². The van der Waals surface area contributed by atoms with Gasteiger partial charge in [-0.1, -0.05) is 213 Å². The highest BCUT2D eigenvalue weighted by atomic mass is 16.6. The van der Waals surface area contributed by atoms with Crippen LogP contribution >= 0.6 is 0 Å². The Labute approximate surface area is 317 Å². The number of carbonyl (C=O) groups is 3. The van der Waals surface area contributed by atoms with Crippen molar-refractivity contribution in [2.45, 2.75) is 258 Å². The van der Waals surface area contributed by atoms with Crippen LogP contribution in [0.4, 0.5) is 0 Å². The molecule has 6 heteroatoms. The molecule has 302 valence electrons. The zero-order valence-electron chi connectivity index (χ0n) is 34.4. The molecule has 0 radical (unpaired) electrons. The van der Waals surface area contributed by atoms with Gasteiger partial charge in [-0.05, 0) is 19.3 Å². The number of carbonyl (C=O) groups excluding carboxylic acids is 3. The van der Waals surface area contributed by atoms with Gasteiger partial charge in [-0.15, -0.1) is 0 Å². The van der Waals surface area contributed by atoms with Crippen molar-refractivity contribution in [3.63, 3.8) is 0 Å². The van der Waals surface area contributed by atoms with E-state index in [0.717, 1.165) is 57.8 Å². The minimum atomic E-state index is -0.756. The molecule has 0 aliphatic carbocycles. The molecule has 51 heavy (non-hydrogen) atoms. The molecule has 1 atom stereocenters. The molecule has 0 saturated carbocycles. The molecule has 0 spiro atoms. The smallest absolute Gasteiger partial charge is 0.306 e. The van der Waals surface area contributed by atoms with E-state index in [9.17, 15) is 14.4 Å². The Balaban J connectivity index is 4.21. The first-order chi connectivity index (χ1) is 25.0. The number of unbranched alkanes of at least 4 members (excludes halogenated alkanes) is 30. The number of rotatable bonds is 41. The maximum Gasteiger partial charge on any atom is 0.306 e. The molecule has 0 rings (SSSR count). The summed E-state index contributed by atoms with van der Waals surface area (Å²) in [6.45, 7) is 6.59. The summed E-state index contributed by atoms with van der Waals surface area (Å²) in [6, 6.07) is 0. The predicted octanol–water partition coefficient (Wildman–Crippen LogP) is 14.1. The number of ether oxygens (including phenoxy) is 3. The highest BCUT2D eigenvalue weighted by Gasteiger charge is 2.19. The number of hydrogen-bond donors (Lipinski definition) is 0. The fraction of sp³-hybridized carbons (Fsp3) is 0.933. The Morgan fingerprint density at radius 3 is 0.784 bits per heavy atom. The van der Waals surface area contributed by atoms with Crippen LogP contribution < -0.4 is 0 Å². The average molecular weight is 723 g/mol. The van der Waals surface area contributed by atoms with Gasteiger partial charge in [-0.3, -0.25) is 14.4 Å². The van der Waals surface area contributed by atoms with Crippen LogP contribution in [0.2, 0.25) is 0 Å². The van der Waals surface area contributed by atoms with Crippen LogP contribution in [0.1, 0.15) is 252 Å². The van der Waals surface area contributed by atoms with Crippen molar-refractivity contribution in [1.29, 1.82) is 0 Å². The van der Waals surface area contributed by atoms with Crippen LogP contribution in [-0.4, -0.2) is 37.2 Å². The Kier molecular flexibility index (Phi) is 39.9. The van der Waals surface area contributed by atoms with Crippen molar-refractivity contribution in [3.8, 4) is 0 Å². The van der Waals surface area contributed by atoms with Gasteiger partial charge in [0.05, 0.1) is 0 Å². The minimum Gasteiger partial charge on any atom is -0.462 e. The van der Waals surface area contributed by atoms with Gasteiger partial charge in [0.2, 0.25) is 0 Å². The molecule has 0 aromatic heterocycles. The molecule has 0 aliphatic rings. The van der Waals surface area contributed by atoms with E-state index in [2.05, 4.69) is 20.8 Å². The summed E-state index contributed by atoms with van der Waals surface area (Å²) >= 11 is 0. The van der Waals surface area contributed by atoms with Crippen molar-refractivity contribution < 1.29 is 28.6 Å². The molecule has 0 unspecified atom stereocenters. The fourth-order valence-corrected chi connectivity index (χ4v) is 6.68. The second-order valence-corrected chi connectivity index (χ2v) is 15.3. The Bertz CT molecular complexity index is 753. The largest absolute Gasteiger partial charge is 0.462 e. The first-order valence-electron chi connectivity index (χ1n) is 22.5. The maximum absolute atomic E-state index is 12.7. The van der Waals surface area contributed by atoms with Gasteiger partial charge in [0.1, 0.15) is 13.2 Å². The first kappa shape index (κ1) is 49.4. The van der Waals surface area contributed by atoms with Gasteiger partial charge in [0.25, 0.3) is 0 Å². The molecule has 0 fully saturated rings. The molecule has 0 bridgehead atoms. The lowest BCUT2D eigenvalue weighted by Gasteiger charge is -2.18. The van der Waals surface area contributed by atoms with Gasteiger partial charge < -0.3 is 14.2 Å². The maximum atomic E-state index is 12.7.